The van der Waals surface area contributed by atoms with Gasteiger partial charge < -0.3 is 10.2 Å². The third kappa shape index (κ3) is 3.40. The van der Waals surface area contributed by atoms with Gasteiger partial charge in [-0.1, -0.05) is 56.7 Å². The van der Waals surface area contributed by atoms with Crippen LogP contribution in [0.25, 0.3) is 0 Å². The summed E-state index contributed by atoms with van der Waals surface area (Å²) in [7, 11) is 0. The third-order valence-electron chi connectivity index (χ3n) is 4.95. The fourth-order valence-electron chi connectivity index (χ4n) is 3.31. The average Bonchev–Trinajstić information content (AvgIpc) is 2.30. The number of alkyl halides is 1. The molecule has 4 atom stereocenters. The molecule has 1 fully saturated rings. The van der Waals surface area contributed by atoms with E-state index in [0.29, 0.717) is 5.92 Å². The van der Waals surface area contributed by atoms with Crippen molar-refractivity contribution in [1.29, 1.82) is 0 Å². The van der Waals surface area contributed by atoms with Gasteiger partial charge in [-0.05, 0) is 43.4 Å². The smallest absolute Gasteiger partial charge is 0.0578 e. The van der Waals surface area contributed by atoms with Crippen molar-refractivity contribution >= 4 is 22.6 Å². The second-order valence-electron chi connectivity index (χ2n) is 6.62. The Hall–Kier alpha value is 0.650. The van der Waals surface area contributed by atoms with Crippen LogP contribution in [0.3, 0.4) is 0 Å². The normalized spacial score (nSPS) is 37.5. The molecule has 0 aromatic heterocycles. The Morgan fingerprint density at radius 1 is 1.33 bits per heavy atom. The third-order valence-corrected chi connectivity index (χ3v) is 7.93. The highest BCUT2D eigenvalue weighted by molar-refractivity contribution is 14.1. The number of rotatable bonds is 5. The van der Waals surface area contributed by atoms with Crippen molar-refractivity contribution in [3.8, 4) is 0 Å². The van der Waals surface area contributed by atoms with Crippen LogP contribution >= 0.6 is 22.6 Å². The molecule has 1 aliphatic carbocycles. The van der Waals surface area contributed by atoms with Gasteiger partial charge in [-0.2, -0.15) is 0 Å². The first-order chi connectivity index (χ1) is 8.24. The molecule has 0 aliphatic heterocycles. The number of hydrogen-bond acceptors (Lipinski definition) is 2. The van der Waals surface area contributed by atoms with Crippen LogP contribution in [0.2, 0.25) is 0 Å². The second kappa shape index (κ2) is 6.40. The predicted molar refractivity (Wildman–Crippen MR) is 85.1 cm³/mol. The molecule has 2 N–H and O–H groups in total. The topological polar surface area (TPSA) is 40.5 Å². The molecule has 0 saturated heterocycles. The highest BCUT2D eigenvalue weighted by atomic mass is 127. The summed E-state index contributed by atoms with van der Waals surface area (Å²) in [6.45, 7) is 8.91. The molecule has 0 amide bonds. The maximum atomic E-state index is 10.1. The van der Waals surface area contributed by atoms with Gasteiger partial charge in [-0.25, -0.2) is 0 Å². The van der Waals surface area contributed by atoms with E-state index in [0.717, 1.165) is 38.5 Å². The number of hydrogen-bond donors (Lipinski definition) is 2. The van der Waals surface area contributed by atoms with E-state index in [-0.39, 0.29) is 21.0 Å². The van der Waals surface area contributed by atoms with Gasteiger partial charge in [0.05, 0.1) is 12.2 Å². The summed E-state index contributed by atoms with van der Waals surface area (Å²) in [5, 5.41) is 20.1. The van der Waals surface area contributed by atoms with Crippen LogP contribution in [0.15, 0.2) is 0 Å². The molecule has 0 aromatic carbocycles. The number of aliphatic hydroxyl groups is 2. The minimum absolute atomic E-state index is 0.0944. The van der Waals surface area contributed by atoms with Crippen LogP contribution in [-0.4, -0.2) is 25.8 Å². The van der Waals surface area contributed by atoms with Gasteiger partial charge in [-0.3, -0.25) is 0 Å². The van der Waals surface area contributed by atoms with Crippen LogP contribution in [0.5, 0.6) is 0 Å². The Labute approximate surface area is 126 Å². The van der Waals surface area contributed by atoms with Crippen molar-refractivity contribution in [3.05, 3.63) is 0 Å². The zero-order chi connectivity index (χ0) is 14.0. The van der Waals surface area contributed by atoms with Crippen LogP contribution in [0.4, 0.5) is 0 Å². The second-order valence-corrected chi connectivity index (χ2v) is 8.55. The first-order valence-corrected chi connectivity index (χ1v) is 8.37. The lowest BCUT2D eigenvalue weighted by Crippen LogP contribution is -2.53. The Morgan fingerprint density at radius 2 is 1.94 bits per heavy atom. The van der Waals surface area contributed by atoms with Crippen molar-refractivity contribution < 1.29 is 10.2 Å². The molecule has 0 bridgehead atoms. The molecule has 2 nitrogen and oxygen atoms in total. The summed E-state index contributed by atoms with van der Waals surface area (Å²) in [6.07, 6.45) is 5.42. The summed E-state index contributed by atoms with van der Waals surface area (Å²) in [5.74, 6) is 0.302. The maximum absolute atomic E-state index is 10.1. The van der Waals surface area contributed by atoms with Crippen molar-refractivity contribution in [2.75, 3.05) is 0 Å². The molecule has 1 saturated carbocycles. The number of aliphatic hydroxyl groups excluding tert-OH is 2. The first-order valence-electron chi connectivity index (χ1n) is 7.29. The standard InChI is InChI=1S/C15H29IO2/c1-5-6-12(17)7-10-15(16)11(2)13(18)8-9-14(15,3)4/h11-13,17-18H,5-10H2,1-4H3. The first kappa shape index (κ1) is 16.7. The quantitative estimate of drug-likeness (QED) is 0.571. The monoisotopic (exact) mass is 368 g/mol. The van der Waals surface area contributed by atoms with Gasteiger partial charge in [0.1, 0.15) is 0 Å². The van der Waals surface area contributed by atoms with E-state index < -0.39 is 0 Å². The molecule has 108 valence electrons. The average molecular weight is 368 g/mol. The minimum atomic E-state index is -0.182. The SMILES string of the molecule is CCCC(O)CCC1(I)C(C)C(O)CCC1(C)C. The van der Waals surface area contributed by atoms with Crippen LogP contribution in [0.1, 0.15) is 66.2 Å². The van der Waals surface area contributed by atoms with Crippen molar-refractivity contribution in [3.63, 3.8) is 0 Å². The fraction of sp³-hybridized carbons (Fsp3) is 1.00. The molecule has 3 heteroatoms. The van der Waals surface area contributed by atoms with Crippen molar-refractivity contribution in [1.82, 2.24) is 0 Å². The zero-order valence-electron chi connectivity index (χ0n) is 12.2. The molecule has 0 heterocycles. The van der Waals surface area contributed by atoms with E-state index in [2.05, 4.69) is 50.3 Å². The molecule has 1 aliphatic rings. The lowest BCUT2D eigenvalue weighted by Gasteiger charge is -2.53. The number of halogens is 1. The van der Waals surface area contributed by atoms with Gasteiger partial charge in [0, 0.05) is 3.42 Å². The van der Waals surface area contributed by atoms with Crippen LogP contribution in [0, 0.1) is 11.3 Å². The van der Waals surface area contributed by atoms with E-state index in [4.69, 9.17) is 0 Å². The Morgan fingerprint density at radius 3 is 2.50 bits per heavy atom. The van der Waals surface area contributed by atoms with Crippen LogP contribution < -0.4 is 0 Å². The summed E-state index contributed by atoms with van der Waals surface area (Å²) < 4.78 is 0.0944. The van der Waals surface area contributed by atoms with Crippen LogP contribution in [-0.2, 0) is 0 Å². The summed E-state index contributed by atoms with van der Waals surface area (Å²) in [5.41, 5.74) is 0.234. The minimum Gasteiger partial charge on any atom is -0.393 e. The molecular weight excluding hydrogens is 339 g/mol. The molecule has 0 aromatic rings. The van der Waals surface area contributed by atoms with Gasteiger partial charge >= 0.3 is 0 Å². The zero-order valence-corrected chi connectivity index (χ0v) is 14.4. The Kier molecular flexibility index (Phi) is 5.94. The maximum Gasteiger partial charge on any atom is 0.0578 e. The molecule has 0 spiro atoms. The lowest BCUT2D eigenvalue weighted by molar-refractivity contribution is -0.00569. The van der Waals surface area contributed by atoms with E-state index in [1.54, 1.807) is 0 Å². The summed E-state index contributed by atoms with van der Waals surface area (Å²) in [6, 6.07) is 0. The Balaban J connectivity index is 2.72. The van der Waals surface area contributed by atoms with E-state index >= 15 is 0 Å². The largest absolute Gasteiger partial charge is 0.393 e. The van der Waals surface area contributed by atoms with Crippen molar-refractivity contribution in [2.24, 2.45) is 11.3 Å². The lowest BCUT2D eigenvalue weighted by atomic mass is 9.61. The predicted octanol–water partition coefficient (Wildman–Crippen LogP) is 3.92. The molecule has 0 radical (unpaired) electrons. The van der Waals surface area contributed by atoms with E-state index in [1.165, 1.54) is 0 Å². The van der Waals surface area contributed by atoms with Gasteiger partial charge in [0.2, 0.25) is 0 Å². The van der Waals surface area contributed by atoms with Gasteiger partial charge in [0.25, 0.3) is 0 Å². The molecule has 18 heavy (non-hydrogen) atoms. The van der Waals surface area contributed by atoms with Crippen molar-refractivity contribution in [2.45, 2.75) is 81.8 Å². The van der Waals surface area contributed by atoms with Gasteiger partial charge in [0.15, 0.2) is 0 Å². The highest BCUT2D eigenvalue weighted by Gasteiger charge is 2.51. The van der Waals surface area contributed by atoms with Gasteiger partial charge in [-0.15, -0.1) is 0 Å². The molecular formula is C15H29IO2. The fourth-order valence-corrected chi connectivity index (χ4v) is 4.30. The molecule has 1 rings (SSSR count). The van der Waals surface area contributed by atoms with E-state index in [9.17, 15) is 10.2 Å². The summed E-state index contributed by atoms with van der Waals surface area (Å²) >= 11 is 2.56. The highest BCUT2D eigenvalue weighted by Crippen LogP contribution is 2.55. The molecule has 4 unspecified atom stereocenters. The van der Waals surface area contributed by atoms with E-state index in [1.807, 2.05) is 0 Å². The Bertz CT molecular complexity index is 267. The summed E-state index contributed by atoms with van der Waals surface area (Å²) in [4.78, 5) is 0.